The molecule has 0 aliphatic rings. The summed E-state index contributed by atoms with van der Waals surface area (Å²) in [7, 11) is 0. The van der Waals surface area contributed by atoms with Crippen LogP contribution in [0.5, 0.6) is 0 Å². The van der Waals surface area contributed by atoms with Crippen LogP contribution in [0.1, 0.15) is 39.9 Å². The molecule has 1 aromatic carbocycles. The monoisotopic (exact) mass is 354 g/mol. The summed E-state index contributed by atoms with van der Waals surface area (Å²) in [5, 5.41) is 6.76. The van der Waals surface area contributed by atoms with E-state index >= 15 is 0 Å². The highest BCUT2D eigenvalue weighted by molar-refractivity contribution is 7.11. The van der Waals surface area contributed by atoms with E-state index in [0.717, 1.165) is 24.9 Å². The Morgan fingerprint density at radius 3 is 2.76 bits per heavy atom. The Labute approximate surface area is 151 Å². The number of aromatic nitrogens is 3. The van der Waals surface area contributed by atoms with Crippen LogP contribution >= 0.6 is 11.3 Å². The molecule has 5 nitrogen and oxygen atoms in total. The van der Waals surface area contributed by atoms with Crippen LogP contribution < -0.4 is 0 Å². The predicted molar refractivity (Wildman–Crippen MR) is 101 cm³/mol. The Balaban J connectivity index is 1.89. The molecule has 1 N–H and O–H groups in total. The summed E-state index contributed by atoms with van der Waals surface area (Å²) in [6.07, 6.45) is 3.50. The summed E-state index contributed by atoms with van der Waals surface area (Å²) in [4.78, 5) is 21.9. The standard InChI is InChI=1S/C19H22N4OS/c1-3-4-11-23(12-15-10-9-14(2)25-15)19(24)17-8-6-5-7-16(17)18-20-13-21-22-18/h5-10,13H,3-4,11-12H2,1-2H3,(H,20,21,22). The average Bonchev–Trinajstić information content (AvgIpc) is 3.30. The van der Waals surface area contributed by atoms with Crippen LogP contribution in [-0.4, -0.2) is 32.5 Å². The first-order valence-corrected chi connectivity index (χ1v) is 9.30. The second-order valence-electron chi connectivity index (χ2n) is 5.97. The molecule has 25 heavy (non-hydrogen) atoms. The van der Waals surface area contributed by atoms with Gasteiger partial charge in [0.2, 0.25) is 0 Å². The molecule has 6 heteroatoms. The summed E-state index contributed by atoms with van der Waals surface area (Å²) in [6, 6.07) is 11.8. The third-order valence-corrected chi connectivity index (χ3v) is 5.02. The van der Waals surface area contributed by atoms with E-state index in [2.05, 4.69) is 41.2 Å². The van der Waals surface area contributed by atoms with Gasteiger partial charge in [-0.15, -0.1) is 11.3 Å². The third kappa shape index (κ3) is 4.14. The molecule has 0 bridgehead atoms. The van der Waals surface area contributed by atoms with Gasteiger partial charge in [-0.2, -0.15) is 5.10 Å². The normalized spacial score (nSPS) is 10.8. The average molecular weight is 354 g/mol. The largest absolute Gasteiger partial charge is 0.333 e. The summed E-state index contributed by atoms with van der Waals surface area (Å²) >= 11 is 1.74. The second kappa shape index (κ2) is 8.07. The highest BCUT2D eigenvalue weighted by Gasteiger charge is 2.20. The van der Waals surface area contributed by atoms with Crippen molar-refractivity contribution in [3.05, 3.63) is 58.0 Å². The molecule has 2 heterocycles. The number of carbonyl (C=O) groups is 1. The van der Waals surface area contributed by atoms with E-state index in [4.69, 9.17) is 0 Å². The van der Waals surface area contributed by atoms with Crippen LogP contribution in [-0.2, 0) is 6.54 Å². The molecule has 0 saturated carbocycles. The van der Waals surface area contributed by atoms with Gasteiger partial charge in [-0.1, -0.05) is 31.5 Å². The van der Waals surface area contributed by atoms with E-state index in [9.17, 15) is 4.79 Å². The fraction of sp³-hybridized carbons (Fsp3) is 0.316. The molecule has 0 atom stereocenters. The van der Waals surface area contributed by atoms with E-state index in [-0.39, 0.29) is 5.91 Å². The molecule has 0 fully saturated rings. The summed E-state index contributed by atoms with van der Waals surface area (Å²) in [5.74, 6) is 0.651. The topological polar surface area (TPSA) is 61.9 Å². The van der Waals surface area contributed by atoms with Crippen LogP contribution in [0, 0.1) is 6.92 Å². The number of aromatic amines is 1. The Hall–Kier alpha value is -2.47. The number of rotatable bonds is 7. The van der Waals surface area contributed by atoms with Gasteiger partial charge in [0, 0.05) is 21.9 Å². The number of hydrogen-bond acceptors (Lipinski definition) is 4. The first-order valence-electron chi connectivity index (χ1n) is 8.48. The molecule has 0 aliphatic heterocycles. The van der Waals surface area contributed by atoms with Crippen molar-refractivity contribution in [3.8, 4) is 11.4 Å². The molecule has 0 radical (unpaired) electrons. The molecule has 2 aromatic heterocycles. The lowest BCUT2D eigenvalue weighted by Gasteiger charge is -2.23. The van der Waals surface area contributed by atoms with Gasteiger partial charge in [0.25, 0.3) is 5.91 Å². The molecular formula is C19H22N4OS. The maximum Gasteiger partial charge on any atom is 0.254 e. The number of nitrogens with one attached hydrogen (secondary N) is 1. The molecule has 3 rings (SSSR count). The molecule has 0 spiro atoms. The van der Waals surface area contributed by atoms with Crippen molar-refractivity contribution in [1.82, 2.24) is 20.1 Å². The minimum absolute atomic E-state index is 0.0338. The minimum atomic E-state index is 0.0338. The molecule has 0 saturated heterocycles. The lowest BCUT2D eigenvalue weighted by molar-refractivity contribution is 0.0743. The first-order chi connectivity index (χ1) is 12.2. The number of aryl methyl sites for hydroxylation is 1. The lowest BCUT2D eigenvalue weighted by atomic mass is 10.1. The van der Waals surface area contributed by atoms with Gasteiger partial charge in [-0.05, 0) is 31.5 Å². The van der Waals surface area contributed by atoms with Gasteiger partial charge >= 0.3 is 0 Å². The predicted octanol–water partition coefficient (Wildman–Crippen LogP) is 4.28. The first kappa shape index (κ1) is 17.4. The van der Waals surface area contributed by atoms with E-state index in [1.54, 1.807) is 11.3 Å². The van der Waals surface area contributed by atoms with Crippen molar-refractivity contribution in [2.75, 3.05) is 6.54 Å². The summed E-state index contributed by atoms with van der Waals surface area (Å²) in [6.45, 7) is 5.62. The Bertz CT molecular complexity index is 826. The summed E-state index contributed by atoms with van der Waals surface area (Å²) in [5.41, 5.74) is 1.44. The van der Waals surface area contributed by atoms with E-state index in [0.29, 0.717) is 17.9 Å². The molecule has 130 valence electrons. The number of hydrogen-bond donors (Lipinski definition) is 1. The van der Waals surface area contributed by atoms with Crippen molar-refractivity contribution in [2.24, 2.45) is 0 Å². The van der Waals surface area contributed by atoms with Crippen molar-refractivity contribution in [2.45, 2.75) is 33.2 Å². The molecule has 1 amide bonds. The van der Waals surface area contributed by atoms with Crippen LogP contribution in [0.3, 0.4) is 0 Å². The van der Waals surface area contributed by atoms with Crippen LogP contribution in [0.25, 0.3) is 11.4 Å². The van der Waals surface area contributed by atoms with E-state index in [1.165, 1.54) is 16.1 Å². The number of amides is 1. The van der Waals surface area contributed by atoms with Crippen LogP contribution in [0.2, 0.25) is 0 Å². The molecule has 0 unspecified atom stereocenters. The minimum Gasteiger partial charge on any atom is -0.333 e. The molecule has 0 aliphatic carbocycles. The van der Waals surface area contributed by atoms with Gasteiger partial charge in [0.15, 0.2) is 5.82 Å². The highest BCUT2D eigenvalue weighted by atomic mass is 32.1. The highest BCUT2D eigenvalue weighted by Crippen LogP contribution is 2.23. The number of carbonyl (C=O) groups excluding carboxylic acids is 1. The van der Waals surface area contributed by atoms with Gasteiger partial charge in [0.05, 0.1) is 12.1 Å². The smallest absolute Gasteiger partial charge is 0.254 e. The van der Waals surface area contributed by atoms with Gasteiger partial charge in [-0.25, -0.2) is 4.98 Å². The number of thiophene rings is 1. The number of unbranched alkanes of at least 4 members (excludes halogenated alkanes) is 1. The van der Waals surface area contributed by atoms with Crippen molar-refractivity contribution in [1.29, 1.82) is 0 Å². The zero-order chi connectivity index (χ0) is 17.6. The van der Waals surface area contributed by atoms with Gasteiger partial charge in [0.1, 0.15) is 6.33 Å². The molecule has 3 aromatic rings. The zero-order valence-electron chi connectivity index (χ0n) is 14.5. The fourth-order valence-electron chi connectivity index (χ4n) is 2.74. The summed E-state index contributed by atoms with van der Waals surface area (Å²) < 4.78 is 0. The van der Waals surface area contributed by atoms with Crippen molar-refractivity contribution < 1.29 is 4.79 Å². The van der Waals surface area contributed by atoms with Crippen molar-refractivity contribution >= 4 is 17.2 Å². The van der Waals surface area contributed by atoms with Gasteiger partial charge < -0.3 is 4.90 Å². The second-order valence-corrected chi connectivity index (χ2v) is 7.34. The number of benzene rings is 1. The SMILES string of the molecule is CCCCN(Cc1ccc(C)s1)C(=O)c1ccccc1-c1ncn[nH]1. The van der Waals surface area contributed by atoms with Crippen LogP contribution in [0.4, 0.5) is 0 Å². The maximum absolute atomic E-state index is 13.2. The zero-order valence-corrected chi connectivity index (χ0v) is 15.3. The van der Waals surface area contributed by atoms with Crippen molar-refractivity contribution in [3.63, 3.8) is 0 Å². The van der Waals surface area contributed by atoms with Gasteiger partial charge in [-0.3, -0.25) is 9.89 Å². The Morgan fingerprint density at radius 2 is 2.08 bits per heavy atom. The Kier molecular flexibility index (Phi) is 5.60. The number of H-pyrrole nitrogens is 1. The van der Waals surface area contributed by atoms with E-state index in [1.807, 2.05) is 29.2 Å². The number of nitrogens with zero attached hydrogens (tertiary/aromatic N) is 3. The third-order valence-electron chi connectivity index (χ3n) is 4.04. The molecular weight excluding hydrogens is 332 g/mol. The van der Waals surface area contributed by atoms with E-state index < -0.39 is 0 Å². The fourth-order valence-corrected chi connectivity index (χ4v) is 3.65. The quantitative estimate of drug-likeness (QED) is 0.689. The lowest BCUT2D eigenvalue weighted by Crippen LogP contribution is -2.31. The maximum atomic E-state index is 13.2. The Morgan fingerprint density at radius 1 is 1.24 bits per heavy atom. The van der Waals surface area contributed by atoms with Crippen LogP contribution in [0.15, 0.2) is 42.7 Å².